The summed E-state index contributed by atoms with van der Waals surface area (Å²) in [6.45, 7) is 0.306. The molecule has 0 saturated carbocycles. The lowest BCUT2D eigenvalue weighted by molar-refractivity contribution is 0.475. The quantitative estimate of drug-likeness (QED) is 0.781. The third-order valence-corrected chi connectivity index (χ3v) is 5.25. The average molecular weight is 354 g/mol. The smallest absolute Gasteiger partial charge is 0.285 e. The van der Waals surface area contributed by atoms with Crippen molar-refractivity contribution >= 4 is 21.5 Å². The van der Waals surface area contributed by atoms with Crippen LogP contribution in [-0.4, -0.2) is 19.4 Å². The van der Waals surface area contributed by atoms with Crippen molar-refractivity contribution in [1.82, 2.24) is 0 Å². The van der Waals surface area contributed by atoms with Crippen molar-refractivity contribution in [2.45, 2.75) is 11.4 Å². The van der Waals surface area contributed by atoms with Crippen molar-refractivity contribution in [3.05, 3.63) is 78.3 Å². The summed E-state index contributed by atoms with van der Waals surface area (Å²) < 4.78 is 34.1. The van der Waals surface area contributed by atoms with Crippen molar-refractivity contribution < 1.29 is 17.9 Å². The lowest BCUT2D eigenvalue weighted by Crippen LogP contribution is -2.30. The first-order valence-corrected chi connectivity index (χ1v) is 9.02. The van der Waals surface area contributed by atoms with Crippen LogP contribution in [0, 0.1) is 0 Å². The second kappa shape index (κ2) is 5.78. The summed E-state index contributed by atoms with van der Waals surface area (Å²) in [7, 11) is -3.73. The fourth-order valence-electron chi connectivity index (χ4n) is 2.76. The molecule has 7 heteroatoms. The number of sulfonamides is 1. The molecular weight excluding hydrogens is 340 g/mol. The second-order valence-corrected chi connectivity index (χ2v) is 7.14. The van der Waals surface area contributed by atoms with Crippen molar-refractivity contribution in [2.75, 3.05) is 4.90 Å². The minimum absolute atomic E-state index is 0.128. The van der Waals surface area contributed by atoms with Gasteiger partial charge in [0, 0.05) is 11.3 Å². The first-order chi connectivity index (χ1) is 12.0. The Labute approximate surface area is 144 Å². The van der Waals surface area contributed by atoms with Gasteiger partial charge in [0.25, 0.3) is 10.0 Å². The number of fused-ring (bicyclic) bond motifs is 1. The molecular formula is C18H14N2O4S. The van der Waals surface area contributed by atoms with Crippen LogP contribution in [0.1, 0.15) is 11.3 Å². The van der Waals surface area contributed by atoms with Crippen LogP contribution in [0.15, 0.2) is 80.6 Å². The number of hydrogen-bond acceptors (Lipinski definition) is 5. The number of hydrogen-bond donors (Lipinski definition) is 1. The summed E-state index contributed by atoms with van der Waals surface area (Å²) in [5.41, 5.74) is 1.24. The van der Waals surface area contributed by atoms with E-state index in [9.17, 15) is 13.5 Å². The highest BCUT2D eigenvalue weighted by Gasteiger charge is 2.32. The molecule has 0 radical (unpaired) electrons. The molecule has 1 aromatic heterocycles. The molecule has 0 amide bonds. The maximum Gasteiger partial charge on any atom is 0.285 e. The lowest BCUT2D eigenvalue weighted by atomic mass is 10.1. The summed E-state index contributed by atoms with van der Waals surface area (Å²) in [5.74, 6) is 1.12. The van der Waals surface area contributed by atoms with Gasteiger partial charge in [0.05, 0.1) is 12.8 Å². The Balaban J connectivity index is 1.85. The zero-order valence-corrected chi connectivity index (χ0v) is 13.8. The SMILES string of the molecule is O=S1(=O)N=C(N(Cc2ccco2)c2ccc(O)cc2)c2ccccc21. The minimum Gasteiger partial charge on any atom is -0.508 e. The zero-order valence-electron chi connectivity index (χ0n) is 13.0. The van der Waals surface area contributed by atoms with E-state index in [1.54, 1.807) is 65.8 Å². The van der Waals surface area contributed by atoms with E-state index in [4.69, 9.17) is 4.42 Å². The summed E-state index contributed by atoms with van der Waals surface area (Å²) >= 11 is 0. The third kappa shape index (κ3) is 2.78. The molecule has 3 aromatic rings. The number of phenols is 1. The van der Waals surface area contributed by atoms with E-state index in [1.807, 2.05) is 6.07 Å². The Bertz CT molecular complexity index is 1040. The van der Waals surface area contributed by atoms with E-state index < -0.39 is 10.0 Å². The Morgan fingerprint density at radius 1 is 1.00 bits per heavy atom. The van der Waals surface area contributed by atoms with Crippen molar-refractivity contribution in [3.8, 4) is 5.75 Å². The molecule has 2 heterocycles. The molecule has 25 heavy (non-hydrogen) atoms. The molecule has 0 unspecified atom stereocenters. The summed E-state index contributed by atoms with van der Waals surface area (Å²) in [6.07, 6.45) is 1.56. The van der Waals surface area contributed by atoms with Crippen LogP contribution < -0.4 is 4.90 Å². The molecule has 126 valence electrons. The first-order valence-electron chi connectivity index (χ1n) is 7.58. The minimum atomic E-state index is -3.73. The number of rotatable bonds is 3. The van der Waals surface area contributed by atoms with Gasteiger partial charge >= 0.3 is 0 Å². The number of anilines is 1. The molecule has 4 rings (SSSR count). The molecule has 6 nitrogen and oxygen atoms in total. The topological polar surface area (TPSA) is 83.1 Å². The predicted octanol–water partition coefficient (Wildman–Crippen LogP) is 3.14. The van der Waals surface area contributed by atoms with Crippen LogP contribution in [0.25, 0.3) is 0 Å². The van der Waals surface area contributed by atoms with Gasteiger partial charge in [0.1, 0.15) is 16.4 Å². The number of aromatic hydroxyl groups is 1. The molecule has 0 bridgehead atoms. The third-order valence-electron chi connectivity index (χ3n) is 3.92. The zero-order chi connectivity index (χ0) is 17.4. The van der Waals surface area contributed by atoms with E-state index in [0.717, 1.165) is 0 Å². The highest BCUT2D eigenvalue weighted by molar-refractivity contribution is 7.90. The highest BCUT2D eigenvalue weighted by Crippen LogP contribution is 2.31. The van der Waals surface area contributed by atoms with Gasteiger partial charge in [-0.3, -0.25) is 0 Å². The molecule has 0 fully saturated rings. The molecule has 0 saturated heterocycles. The monoisotopic (exact) mass is 354 g/mol. The van der Waals surface area contributed by atoms with Crippen molar-refractivity contribution in [1.29, 1.82) is 0 Å². The second-order valence-electron chi connectivity index (χ2n) is 5.57. The van der Waals surface area contributed by atoms with Gasteiger partial charge in [-0.25, -0.2) is 0 Å². The van der Waals surface area contributed by atoms with Gasteiger partial charge < -0.3 is 14.4 Å². The van der Waals surface area contributed by atoms with Crippen LogP contribution in [0.3, 0.4) is 0 Å². The standard InChI is InChI=1S/C18H14N2O4S/c21-14-9-7-13(8-10-14)20(12-15-4-3-11-24-15)18-16-5-1-2-6-17(16)25(22,23)19-18/h1-11,21H,12H2. The molecule has 0 spiro atoms. The summed E-state index contributed by atoms with van der Waals surface area (Å²) in [5, 5.41) is 9.54. The highest BCUT2D eigenvalue weighted by atomic mass is 32.2. The Morgan fingerprint density at radius 3 is 2.48 bits per heavy atom. The molecule has 1 aliphatic rings. The molecule has 2 aromatic carbocycles. The fourth-order valence-corrected chi connectivity index (χ4v) is 3.97. The van der Waals surface area contributed by atoms with E-state index in [2.05, 4.69) is 4.40 Å². The van der Waals surface area contributed by atoms with E-state index in [-0.39, 0.29) is 10.6 Å². The normalized spacial score (nSPS) is 14.8. The number of nitrogens with zero attached hydrogens (tertiary/aromatic N) is 2. The van der Waals surface area contributed by atoms with Gasteiger partial charge in [-0.2, -0.15) is 8.42 Å². The van der Waals surface area contributed by atoms with Gasteiger partial charge in [0.15, 0.2) is 5.84 Å². The van der Waals surface area contributed by atoms with Gasteiger partial charge in [-0.1, -0.05) is 12.1 Å². The van der Waals surface area contributed by atoms with Gasteiger partial charge in [-0.05, 0) is 48.5 Å². The van der Waals surface area contributed by atoms with Gasteiger partial charge in [0.2, 0.25) is 0 Å². The Morgan fingerprint density at radius 2 is 1.76 bits per heavy atom. The van der Waals surface area contributed by atoms with E-state index >= 15 is 0 Å². The van der Waals surface area contributed by atoms with E-state index in [1.165, 1.54) is 0 Å². The van der Waals surface area contributed by atoms with Crippen LogP contribution in [0.2, 0.25) is 0 Å². The van der Waals surface area contributed by atoms with Crippen molar-refractivity contribution in [3.63, 3.8) is 0 Å². The largest absolute Gasteiger partial charge is 0.508 e. The van der Waals surface area contributed by atoms with Gasteiger partial charge in [-0.15, -0.1) is 4.40 Å². The first kappa shape index (κ1) is 15.5. The Hall–Kier alpha value is -3.06. The van der Waals surface area contributed by atoms with Crippen LogP contribution in [0.5, 0.6) is 5.75 Å². The summed E-state index contributed by atoms with van der Waals surface area (Å²) in [6, 6.07) is 16.8. The van der Waals surface area contributed by atoms with Crippen LogP contribution >= 0.6 is 0 Å². The summed E-state index contributed by atoms with van der Waals surface area (Å²) in [4.78, 5) is 1.94. The number of amidine groups is 1. The molecule has 0 atom stereocenters. The Kier molecular flexibility index (Phi) is 3.58. The number of benzene rings is 2. The molecule has 1 N–H and O–H groups in total. The fraction of sp³-hybridized carbons (Fsp3) is 0.0556. The number of furan rings is 1. The molecule has 0 aliphatic carbocycles. The van der Waals surface area contributed by atoms with E-state index in [0.29, 0.717) is 29.4 Å². The van der Waals surface area contributed by atoms with Crippen LogP contribution in [-0.2, 0) is 16.6 Å². The lowest BCUT2D eigenvalue weighted by Gasteiger charge is -2.23. The van der Waals surface area contributed by atoms with Crippen LogP contribution in [0.4, 0.5) is 5.69 Å². The predicted molar refractivity (Wildman–Crippen MR) is 93.2 cm³/mol. The average Bonchev–Trinajstić information content (AvgIpc) is 3.20. The number of phenolic OH excluding ortho intramolecular Hbond substituents is 1. The maximum absolute atomic E-state index is 12.4. The maximum atomic E-state index is 12.4. The van der Waals surface area contributed by atoms with Crippen molar-refractivity contribution in [2.24, 2.45) is 4.40 Å². The molecule has 1 aliphatic heterocycles.